The topological polar surface area (TPSA) is 120 Å². The Morgan fingerprint density at radius 1 is 1.38 bits per heavy atom. The Morgan fingerprint density at radius 3 is 2.96 bits per heavy atom. The second kappa shape index (κ2) is 5.69. The van der Waals surface area contributed by atoms with Crippen LogP contribution in [-0.2, 0) is 27.8 Å². The Bertz CT molecular complexity index is 974. The van der Waals surface area contributed by atoms with Gasteiger partial charge in [-0.2, -0.15) is 4.98 Å². The number of hydrogen-bond donors (Lipinski definition) is 1. The molecule has 0 atom stereocenters. The summed E-state index contributed by atoms with van der Waals surface area (Å²) in [6, 6.07) is 0. The molecule has 3 aromatic heterocycles. The zero-order valence-corrected chi connectivity index (χ0v) is 14.1. The number of rotatable bonds is 4. The predicted octanol–water partition coefficient (Wildman–Crippen LogP) is 1.97. The molecule has 0 saturated heterocycles. The fraction of sp³-hybridized carbons (Fsp3) is 0.308. The summed E-state index contributed by atoms with van der Waals surface area (Å²) in [5.41, 5.74) is 1.58. The fourth-order valence-electron chi connectivity index (χ4n) is 2.44. The van der Waals surface area contributed by atoms with Crippen molar-refractivity contribution in [1.29, 1.82) is 0 Å². The van der Waals surface area contributed by atoms with E-state index in [4.69, 9.17) is 9.26 Å². The smallest absolute Gasteiger partial charge is 0.267 e. The minimum absolute atomic E-state index is 0.0576. The zero-order chi connectivity index (χ0) is 16.7. The number of hydrogen-bond acceptors (Lipinski definition) is 9. The van der Waals surface area contributed by atoms with Gasteiger partial charge in [-0.05, 0) is 18.9 Å². The molecule has 0 fully saturated rings. The van der Waals surface area contributed by atoms with Crippen molar-refractivity contribution in [1.82, 2.24) is 15.3 Å². The summed E-state index contributed by atoms with van der Waals surface area (Å²) in [6.07, 6.45) is 2.85. The van der Waals surface area contributed by atoms with Gasteiger partial charge in [0.25, 0.3) is 15.9 Å². The third-order valence-electron chi connectivity index (χ3n) is 3.51. The van der Waals surface area contributed by atoms with Gasteiger partial charge in [0.05, 0.1) is 25.0 Å². The lowest BCUT2D eigenvalue weighted by Crippen LogP contribution is -2.12. The summed E-state index contributed by atoms with van der Waals surface area (Å²) in [5, 5.41) is 7.63. The van der Waals surface area contributed by atoms with Gasteiger partial charge in [0.15, 0.2) is 5.82 Å². The van der Waals surface area contributed by atoms with Crippen LogP contribution >= 0.6 is 11.3 Å². The van der Waals surface area contributed by atoms with Crippen LogP contribution < -0.4 is 4.72 Å². The largest absolute Gasteiger partial charge is 0.376 e. The number of aryl methyl sites for hydroxylation is 1. The Labute approximate surface area is 140 Å². The number of fused-ring (bicyclic) bond motifs is 1. The van der Waals surface area contributed by atoms with Crippen LogP contribution in [-0.4, -0.2) is 30.3 Å². The maximum absolute atomic E-state index is 12.5. The second-order valence-corrected chi connectivity index (χ2v) is 7.91. The molecule has 126 valence electrons. The van der Waals surface area contributed by atoms with Crippen LogP contribution in [0, 0.1) is 6.92 Å². The average Bonchev–Trinajstić information content (AvgIpc) is 3.25. The highest BCUT2D eigenvalue weighted by molar-refractivity contribution is 7.93. The Kier molecular flexibility index (Phi) is 3.62. The van der Waals surface area contributed by atoms with Gasteiger partial charge in [-0.1, -0.05) is 10.3 Å². The molecule has 0 aromatic carbocycles. The standard InChI is InChI=1S/C13H12N4O5S2/c1-7-15-12(22-16-7)11-9-2-3-20-6-10(9)23-13(11)17-24(18,19)8-4-14-21-5-8/h4-5,17H,2-3,6H2,1H3. The summed E-state index contributed by atoms with van der Waals surface area (Å²) in [7, 11) is -3.82. The van der Waals surface area contributed by atoms with Crippen molar-refractivity contribution in [2.45, 2.75) is 24.8 Å². The fourth-order valence-corrected chi connectivity index (χ4v) is 4.78. The maximum atomic E-state index is 12.5. The van der Waals surface area contributed by atoms with E-state index in [9.17, 15) is 8.42 Å². The van der Waals surface area contributed by atoms with Crippen molar-refractivity contribution in [2.24, 2.45) is 0 Å². The lowest BCUT2D eigenvalue weighted by molar-refractivity contribution is 0.113. The first-order chi connectivity index (χ1) is 11.5. The first-order valence-corrected chi connectivity index (χ1v) is 9.30. The Morgan fingerprint density at radius 2 is 2.25 bits per heavy atom. The number of ether oxygens (including phenoxy) is 1. The monoisotopic (exact) mass is 368 g/mol. The molecular formula is C13H12N4O5S2. The quantitative estimate of drug-likeness (QED) is 0.742. The van der Waals surface area contributed by atoms with E-state index >= 15 is 0 Å². The van der Waals surface area contributed by atoms with Crippen LogP contribution in [0.3, 0.4) is 0 Å². The highest BCUT2D eigenvalue weighted by atomic mass is 32.2. The van der Waals surface area contributed by atoms with Crippen LogP contribution in [0.4, 0.5) is 5.00 Å². The molecule has 0 amide bonds. The molecule has 0 radical (unpaired) electrons. The number of aromatic nitrogens is 3. The summed E-state index contributed by atoms with van der Waals surface area (Å²) in [4.78, 5) is 5.12. The van der Waals surface area contributed by atoms with Gasteiger partial charge >= 0.3 is 0 Å². The molecule has 24 heavy (non-hydrogen) atoms. The first-order valence-electron chi connectivity index (χ1n) is 7.00. The van der Waals surface area contributed by atoms with Gasteiger partial charge in [0.2, 0.25) is 0 Å². The number of nitrogens with one attached hydrogen (secondary N) is 1. The van der Waals surface area contributed by atoms with Crippen molar-refractivity contribution >= 4 is 26.4 Å². The summed E-state index contributed by atoms with van der Waals surface area (Å²) >= 11 is 1.30. The molecule has 0 spiro atoms. The van der Waals surface area contributed by atoms with Crippen LogP contribution in [0.5, 0.6) is 0 Å². The molecule has 3 aromatic rings. The number of nitrogens with zero attached hydrogens (tertiary/aromatic N) is 3. The number of thiophene rings is 1. The van der Waals surface area contributed by atoms with Gasteiger partial charge in [-0.3, -0.25) is 4.72 Å². The SMILES string of the molecule is Cc1noc(-c2c(NS(=O)(=O)c3cnoc3)sc3c2CCOC3)n1. The van der Waals surface area contributed by atoms with E-state index in [0.29, 0.717) is 36.0 Å². The highest BCUT2D eigenvalue weighted by Gasteiger charge is 2.28. The zero-order valence-electron chi connectivity index (χ0n) is 12.5. The Hall–Kier alpha value is -2.24. The van der Waals surface area contributed by atoms with Crippen molar-refractivity contribution in [3.63, 3.8) is 0 Å². The molecular weight excluding hydrogens is 356 g/mol. The molecule has 9 nitrogen and oxygen atoms in total. The molecule has 4 heterocycles. The van der Waals surface area contributed by atoms with Crippen molar-refractivity contribution in [3.05, 3.63) is 28.7 Å². The van der Waals surface area contributed by atoms with Crippen molar-refractivity contribution in [3.8, 4) is 11.5 Å². The van der Waals surface area contributed by atoms with Crippen LogP contribution in [0.1, 0.15) is 16.3 Å². The summed E-state index contributed by atoms with van der Waals surface area (Å²) in [5.74, 6) is 0.764. The molecule has 0 aliphatic carbocycles. The van der Waals surface area contributed by atoms with Gasteiger partial charge < -0.3 is 13.8 Å². The lowest BCUT2D eigenvalue weighted by Gasteiger charge is -2.12. The maximum Gasteiger partial charge on any atom is 0.267 e. The predicted molar refractivity (Wildman–Crippen MR) is 83.0 cm³/mol. The van der Waals surface area contributed by atoms with Crippen LogP contribution in [0.2, 0.25) is 0 Å². The van der Waals surface area contributed by atoms with Gasteiger partial charge in [-0.25, -0.2) is 8.42 Å². The minimum atomic E-state index is -3.82. The molecule has 1 N–H and O–H groups in total. The van der Waals surface area contributed by atoms with E-state index in [0.717, 1.165) is 22.9 Å². The summed E-state index contributed by atoms with van der Waals surface area (Å²) in [6.45, 7) is 2.69. The summed E-state index contributed by atoms with van der Waals surface area (Å²) < 4.78 is 42.8. The molecule has 1 aliphatic heterocycles. The van der Waals surface area contributed by atoms with E-state index in [1.54, 1.807) is 6.92 Å². The Balaban J connectivity index is 1.82. The minimum Gasteiger partial charge on any atom is -0.376 e. The van der Waals surface area contributed by atoms with E-state index in [1.807, 2.05) is 0 Å². The van der Waals surface area contributed by atoms with Crippen molar-refractivity contribution in [2.75, 3.05) is 11.3 Å². The van der Waals surface area contributed by atoms with E-state index < -0.39 is 10.0 Å². The lowest BCUT2D eigenvalue weighted by atomic mass is 10.1. The van der Waals surface area contributed by atoms with Gasteiger partial charge in [0.1, 0.15) is 16.2 Å². The van der Waals surface area contributed by atoms with Gasteiger partial charge in [0, 0.05) is 4.88 Å². The van der Waals surface area contributed by atoms with Gasteiger partial charge in [-0.15, -0.1) is 11.3 Å². The van der Waals surface area contributed by atoms with E-state index in [1.165, 1.54) is 11.3 Å². The number of sulfonamides is 1. The molecule has 11 heteroatoms. The van der Waals surface area contributed by atoms with Crippen LogP contribution in [0.15, 0.2) is 26.4 Å². The average molecular weight is 368 g/mol. The highest BCUT2D eigenvalue weighted by Crippen LogP contribution is 2.43. The van der Waals surface area contributed by atoms with E-state index in [2.05, 4.69) is 24.5 Å². The third-order valence-corrected chi connectivity index (χ3v) is 6.05. The second-order valence-electron chi connectivity index (χ2n) is 5.12. The molecule has 0 bridgehead atoms. The van der Waals surface area contributed by atoms with E-state index in [-0.39, 0.29) is 10.8 Å². The molecule has 4 rings (SSSR count). The number of anilines is 1. The molecule has 0 unspecified atom stereocenters. The van der Waals surface area contributed by atoms with Crippen LogP contribution in [0.25, 0.3) is 11.5 Å². The normalized spacial score (nSPS) is 14.5. The third kappa shape index (κ3) is 2.60. The molecule has 1 aliphatic rings. The van der Waals surface area contributed by atoms with Crippen molar-refractivity contribution < 1.29 is 22.2 Å². The first kappa shape index (κ1) is 15.3. The molecule has 0 saturated carbocycles.